The zero-order chi connectivity index (χ0) is 13.7. The average molecular weight is 268 g/mol. The summed E-state index contributed by atoms with van der Waals surface area (Å²) in [6.45, 7) is 0. The summed E-state index contributed by atoms with van der Waals surface area (Å²) in [7, 11) is 0. The lowest BCUT2D eigenvalue weighted by molar-refractivity contribution is 0.416. The van der Waals surface area contributed by atoms with E-state index in [2.05, 4.69) is 0 Å². The molecule has 0 unspecified atom stereocenters. The van der Waals surface area contributed by atoms with Crippen LogP contribution in [0.15, 0.2) is 30.3 Å². The van der Waals surface area contributed by atoms with Gasteiger partial charge in [0, 0.05) is 10.8 Å². The van der Waals surface area contributed by atoms with Gasteiger partial charge in [-0.25, -0.2) is 22.0 Å². The van der Waals surface area contributed by atoms with Gasteiger partial charge in [-0.2, -0.15) is 0 Å². The molecule has 3 aromatic carbocycles. The number of hydrogen-bond acceptors (Lipinski definition) is 0. The molecule has 0 aromatic heterocycles. The third-order valence-electron chi connectivity index (χ3n) is 3.02. The van der Waals surface area contributed by atoms with Crippen molar-refractivity contribution in [1.82, 2.24) is 0 Å². The monoisotopic (exact) mass is 268 g/mol. The minimum atomic E-state index is -2.01. The lowest BCUT2D eigenvalue weighted by Gasteiger charge is -2.08. The highest BCUT2D eigenvalue weighted by atomic mass is 19.2. The van der Waals surface area contributed by atoms with Crippen LogP contribution in [-0.2, 0) is 0 Å². The van der Waals surface area contributed by atoms with Gasteiger partial charge in [0.15, 0.2) is 23.3 Å². The Morgan fingerprint density at radius 1 is 0.579 bits per heavy atom. The van der Waals surface area contributed by atoms with Crippen molar-refractivity contribution in [2.75, 3.05) is 0 Å². The van der Waals surface area contributed by atoms with Crippen molar-refractivity contribution >= 4 is 21.5 Å². The molecule has 0 saturated carbocycles. The van der Waals surface area contributed by atoms with Crippen molar-refractivity contribution in [3.63, 3.8) is 0 Å². The highest BCUT2D eigenvalue weighted by molar-refractivity contribution is 5.99. The average Bonchev–Trinajstić information content (AvgIpc) is 2.43. The van der Waals surface area contributed by atoms with Crippen LogP contribution >= 0.6 is 0 Å². The lowest BCUT2D eigenvalue weighted by atomic mass is 10.0. The molecule has 0 bridgehead atoms. The molecule has 0 aliphatic carbocycles. The Bertz CT molecular complexity index is 823. The molecule has 3 aromatic rings. The molecule has 0 spiro atoms. The van der Waals surface area contributed by atoms with Crippen LogP contribution in [0.5, 0.6) is 0 Å². The SMILES string of the molecule is Fc1c(F)c(F)c2c(F)c3ccccc3cc2c1F. The standard InChI is InChI=1S/C14H5F5/c15-10-7-4-2-1-3-6(7)5-8-9(10)12(17)14(19)13(18)11(8)16/h1-5H. The van der Waals surface area contributed by atoms with Crippen molar-refractivity contribution in [2.24, 2.45) is 0 Å². The van der Waals surface area contributed by atoms with E-state index < -0.39 is 39.9 Å². The Labute approximate surface area is 104 Å². The van der Waals surface area contributed by atoms with E-state index in [0.717, 1.165) is 6.07 Å². The Balaban J connectivity index is 2.66. The summed E-state index contributed by atoms with van der Waals surface area (Å²) in [4.78, 5) is 0. The molecule has 96 valence electrons. The van der Waals surface area contributed by atoms with Gasteiger partial charge >= 0.3 is 0 Å². The van der Waals surface area contributed by atoms with E-state index in [4.69, 9.17) is 0 Å². The topological polar surface area (TPSA) is 0 Å². The summed E-state index contributed by atoms with van der Waals surface area (Å²) in [6.07, 6.45) is 0. The molecule has 0 fully saturated rings. The fourth-order valence-corrected chi connectivity index (χ4v) is 2.11. The number of hydrogen-bond donors (Lipinski definition) is 0. The molecule has 0 aliphatic rings. The smallest absolute Gasteiger partial charge is 0.198 e. The number of halogens is 5. The molecule has 19 heavy (non-hydrogen) atoms. The maximum atomic E-state index is 14.1. The predicted molar refractivity (Wildman–Crippen MR) is 61.2 cm³/mol. The van der Waals surface area contributed by atoms with E-state index in [0.29, 0.717) is 0 Å². The van der Waals surface area contributed by atoms with Crippen molar-refractivity contribution in [3.8, 4) is 0 Å². The van der Waals surface area contributed by atoms with Crippen LogP contribution in [0, 0.1) is 29.1 Å². The number of fused-ring (bicyclic) bond motifs is 2. The predicted octanol–water partition coefficient (Wildman–Crippen LogP) is 4.69. The summed E-state index contributed by atoms with van der Waals surface area (Å²) in [5.74, 6) is -8.39. The first kappa shape index (κ1) is 11.9. The zero-order valence-electron chi connectivity index (χ0n) is 9.28. The van der Waals surface area contributed by atoms with Crippen molar-refractivity contribution in [2.45, 2.75) is 0 Å². The van der Waals surface area contributed by atoms with Crippen LogP contribution < -0.4 is 0 Å². The van der Waals surface area contributed by atoms with Gasteiger partial charge in [0.1, 0.15) is 5.82 Å². The van der Waals surface area contributed by atoms with Gasteiger partial charge in [-0.3, -0.25) is 0 Å². The molecule has 0 radical (unpaired) electrons. The molecule has 5 heteroatoms. The van der Waals surface area contributed by atoms with Crippen LogP contribution in [0.3, 0.4) is 0 Å². The molecule has 0 aliphatic heterocycles. The molecule has 0 N–H and O–H groups in total. The summed E-state index contributed by atoms with van der Waals surface area (Å²) >= 11 is 0. The molecule has 0 nitrogen and oxygen atoms in total. The maximum Gasteiger partial charge on any atom is 0.198 e. The summed E-state index contributed by atoms with van der Waals surface area (Å²) < 4.78 is 67.6. The van der Waals surface area contributed by atoms with Crippen LogP contribution in [0.2, 0.25) is 0 Å². The first-order chi connectivity index (χ1) is 9.02. The lowest BCUT2D eigenvalue weighted by Crippen LogP contribution is -2.00. The van der Waals surface area contributed by atoms with E-state index in [1.165, 1.54) is 18.2 Å². The molecular formula is C14H5F5. The summed E-state index contributed by atoms with van der Waals surface area (Å²) in [6, 6.07) is 6.99. The quantitative estimate of drug-likeness (QED) is 0.240. The first-order valence-corrected chi connectivity index (χ1v) is 5.35. The van der Waals surface area contributed by atoms with Crippen LogP contribution in [0.4, 0.5) is 22.0 Å². The maximum absolute atomic E-state index is 14.1. The molecule has 0 atom stereocenters. The van der Waals surface area contributed by atoms with E-state index in [1.807, 2.05) is 0 Å². The van der Waals surface area contributed by atoms with E-state index in [9.17, 15) is 22.0 Å². The van der Waals surface area contributed by atoms with Gasteiger partial charge < -0.3 is 0 Å². The molecular weight excluding hydrogens is 263 g/mol. The summed E-state index contributed by atoms with van der Waals surface area (Å²) in [5, 5.41) is -1.21. The fraction of sp³-hybridized carbons (Fsp3) is 0. The van der Waals surface area contributed by atoms with Crippen molar-refractivity contribution in [3.05, 3.63) is 59.4 Å². The highest BCUT2D eigenvalue weighted by Crippen LogP contribution is 2.33. The van der Waals surface area contributed by atoms with Gasteiger partial charge in [0.05, 0.1) is 5.39 Å². The van der Waals surface area contributed by atoms with E-state index in [1.54, 1.807) is 6.07 Å². The Morgan fingerprint density at radius 2 is 1.21 bits per heavy atom. The van der Waals surface area contributed by atoms with Gasteiger partial charge in [-0.15, -0.1) is 0 Å². The second-order valence-corrected chi connectivity index (χ2v) is 4.09. The van der Waals surface area contributed by atoms with Gasteiger partial charge in [-0.1, -0.05) is 24.3 Å². The molecule has 3 rings (SSSR count). The number of rotatable bonds is 0. The third kappa shape index (κ3) is 1.51. The third-order valence-corrected chi connectivity index (χ3v) is 3.02. The minimum Gasteiger partial charge on any atom is -0.206 e. The second-order valence-electron chi connectivity index (χ2n) is 4.09. The van der Waals surface area contributed by atoms with E-state index >= 15 is 0 Å². The molecule has 0 heterocycles. The minimum absolute atomic E-state index is 0.0132. The van der Waals surface area contributed by atoms with Gasteiger partial charge in [0.25, 0.3) is 0 Å². The Kier molecular flexibility index (Phi) is 2.45. The van der Waals surface area contributed by atoms with Crippen molar-refractivity contribution in [1.29, 1.82) is 0 Å². The molecule has 0 amide bonds. The van der Waals surface area contributed by atoms with Crippen molar-refractivity contribution < 1.29 is 22.0 Å². The Hall–Kier alpha value is -2.17. The van der Waals surface area contributed by atoms with Gasteiger partial charge in [-0.05, 0) is 11.5 Å². The van der Waals surface area contributed by atoms with Crippen LogP contribution in [-0.4, -0.2) is 0 Å². The Morgan fingerprint density at radius 3 is 1.95 bits per heavy atom. The zero-order valence-corrected chi connectivity index (χ0v) is 9.28. The second kappa shape index (κ2) is 3.91. The summed E-state index contributed by atoms with van der Waals surface area (Å²) in [5.41, 5.74) is 0. The largest absolute Gasteiger partial charge is 0.206 e. The highest BCUT2D eigenvalue weighted by Gasteiger charge is 2.23. The van der Waals surface area contributed by atoms with Crippen LogP contribution in [0.25, 0.3) is 21.5 Å². The molecule has 0 saturated heterocycles. The normalized spacial score (nSPS) is 11.4. The fourth-order valence-electron chi connectivity index (χ4n) is 2.11. The van der Waals surface area contributed by atoms with Crippen LogP contribution in [0.1, 0.15) is 0 Å². The number of benzene rings is 3. The van der Waals surface area contributed by atoms with E-state index in [-0.39, 0.29) is 10.8 Å². The first-order valence-electron chi connectivity index (χ1n) is 5.35. The van der Waals surface area contributed by atoms with Gasteiger partial charge in [0.2, 0.25) is 0 Å².